The highest BCUT2D eigenvalue weighted by molar-refractivity contribution is 5.80. The van der Waals surface area contributed by atoms with Crippen molar-refractivity contribution in [3.8, 4) is 5.75 Å². The molecule has 196 valence electrons. The summed E-state index contributed by atoms with van der Waals surface area (Å²) >= 11 is 0. The van der Waals surface area contributed by atoms with Gasteiger partial charge in [-0.05, 0) is 55.9 Å². The molecule has 2 heterocycles. The number of Topliss-reactive ketones (excluding diaryl/α,β-unsaturated/α-hetero) is 1. The molecule has 2 fully saturated rings. The number of hydrogen-bond acceptors (Lipinski definition) is 6. The van der Waals surface area contributed by atoms with Crippen molar-refractivity contribution in [3.63, 3.8) is 0 Å². The summed E-state index contributed by atoms with van der Waals surface area (Å²) in [6, 6.07) is 0. The van der Waals surface area contributed by atoms with Crippen LogP contribution in [-0.4, -0.2) is 37.9 Å². The van der Waals surface area contributed by atoms with Gasteiger partial charge in [0.2, 0.25) is 0 Å². The van der Waals surface area contributed by atoms with Crippen LogP contribution >= 0.6 is 0 Å². The zero-order valence-corrected chi connectivity index (χ0v) is 22.1. The Labute approximate surface area is 208 Å². The fourth-order valence-electron chi connectivity index (χ4n) is 5.78. The number of aromatic hydroxyl groups is 1. The number of ether oxygens (including phenoxy) is 1. The standard InChI is InChI=1S/C28H43NO6/c1-7-16(2)12-17(3)13-19(5)26-18(4)8-9-22(35-26)24-25(32)21(15-29(6)27(24)33)28(34)11-10-20(30)14-23(28)31/h13,15-18,22-23,26,31-32,34H,7-12,14H2,1-6H3/b19-13-/t16-,17+,18+,22+,23-,26-,28+/m1/s1. The first-order valence-electron chi connectivity index (χ1n) is 13.1. The molecular formula is C28H43NO6. The fourth-order valence-corrected chi connectivity index (χ4v) is 5.78. The Hall–Kier alpha value is -1.96. The van der Waals surface area contributed by atoms with Gasteiger partial charge in [0.05, 0.1) is 23.9 Å². The monoisotopic (exact) mass is 489 g/mol. The van der Waals surface area contributed by atoms with E-state index in [1.165, 1.54) is 10.8 Å². The normalized spacial score (nSPS) is 31.9. The molecular weight excluding hydrogens is 446 g/mol. The maximum atomic E-state index is 13.2. The zero-order valence-electron chi connectivity index (χ0n) is 22.1. The van der Waals surface area contributed by atoms with Crippen LogP contribution in [0.15, 0.2) is 22.6 Å². The van der Waals surface area contributed by atoms with Crippen molar-refractivity contribution in [2.75, 3.05) is 0 Å². The van der Waals surface area contributed by atoms with E-state index in [1.54, 1.807) is 7.05 Å². The third-order valence-corrected chi connectivity index (χ3v) is 8.11. The molecule has 0 bridgehead atoms. The summed E-state index contributed by atoms with van der Waals surface area (Å²) in [5, 5.41) is 33.1. The van der Waals surface area contributed by atoms with E-state index < -0.39 is 17.8 Å². The Morgan fingerprint density at radius 1 is 1.31 bits per heavy atom. The van der Waals surface area contributed by atoms with Crippen molar-refractivity contribution >= 4 is 5.78 Å². The molecule has 3 N–H and O–H groups in total. The van der Waals surface area contributed by atoms with E-state index in [4.69, 9.17) is 4.74 Å². The Balaban J connectivity index is 1.95. The Bertz CT molecular complexity index is 1010. The fraction of sp³-hybridized carbons (Fsp3) is 0.714. The lowest BCUT2D eigenvalue weighted by atomic mass is 9.76. The van der Waals surface area contributed by atoms with E-state index in [1.807, 2.05) is 0 Å². The molecule has 3 rings (SSSR count). The average molecular weight is 490 g/mol. The summed E-state index contributed by atoms with van der Waals surface area (Å²) in [6.45, 7) is 10.9. The van der Waals surface area contributed by atoms with Crippen LogP contribution < -0.4 is 5.56 Å². The SMILES string of the molecule is CC[C@@H](C)C[C@H](C)/C=C(/C)[C@@H]1O[C@H](c2c(O)c([C@@]3(O)CCC(=O)C[C@H]3O)cn(C)c2=O)CC[C@@H]1C. The Morgan fingerprint density at radius 2 is 2.00 bits per heavy atom. The zero-order chi connectivity index (χ0) is 26.1. The molecule has 0 spiro atoms. The number of allylic oxidation sites excluding steroid dienone is 1. The van der Waals surface area contributed by atoms with Gasteiger partial charge in [-0.15, -0.1) is 0 Å². The van der Waals surface area contributed by atoms with Crippen LogP contribution in [0.25, 0.3) is 0 Å². The van der Waals surface area contributed by atoms with Crippen LogP contribution in [0.1, 0.15) is 96.8 Å². The summed E-state index contributed by atoms with van der Waals surface area (Å²) < 4.78 is 7.79. The van der Waals surface area contributed by atoms with Gasteiger partial charge in [-0.25, -0.2) is 0 Å². The molecule has 0 unspecified atom stereocenters. The number of carbonyl (C=O) groups excluding carboxylic acids is 1. The van der Waals surface area contributed by atoms with Gasteiger partial charge in [-0.2, -0.15) is 0 Å². The number of aliphatic hydroxyl groups is 2. The third-order valence-electron chi connectivity index (χ3n) is 8.11. The Morgan fingerprint density at radius 3 is 2.63 bits per heavy atom. The molecule has 2 aliphatic rings. The van der Waals surface area contributed by atoms with E-state index in [0.29, 0.717) is 18.3 Å². The van der Waals surface area contributed by atoms with Crippen LogP contribution in [0.5, 0.6) is 5.75 Å². The second kappa shape index (κ2) is 11.0. The number of aryl methyl sites for hydroxylation is 1. The summed E-state index contributed by atoms with van der Waals surface area (Å²) in [5.41, 5.74) is -0.879. The van der Waals surface area contributed by atoms with E-state index in [-0.39, 0.29) is 59.5 Å². The van der Waals surface area contributed by atoms with Crippen molar-refractivity contribution in [1.29, 1.82) is 0 Å². The summed E-state index contributed by atoms with van der Waals surface area (Å²) in [7, 11) is 1.56. The van der Waals surface area contributed by atoms with Crippen molar-refractivity contribution in [2.24, 2.45) is 24.8 Å². The quantitative estimate of drug-likeness (QED) is 0.494. The number of hydrogen-bond donors (Lipinski definition) is 3. The van der Waals surface area contributed by atoms with Gasteiger partial charge in [0.1, 0.15) is 17.1 Å². The predicted octanol–water partition coefficient (Wildman–Crippen LogP) is 4.27. The summed E-state index contributed by atoms with van der Waals surface area (Å²) in [6.07, 6.45) is 5.01. The van der Waals surface area contributed by atoms with Crippen LogP contribution in [0, 0.1) is 17.8 Å². The maximum Gasteiger partial charge on any atom is 0.259 e. The average Bonchev–Trinajstić information content (AvgIpc) is 2.79. The minimum Gasteiger partial charge on any atom is -0.507 e. The van der Waals surface area contributed by atoms with Gasteiger partial charge >= 0.3 is 0 Å². The molecule has 1 aromatic rings. The predicted molar refractivity (Wildman–Crippen MR) is 135 cm³/mol. The molecule has 7 heteroatoms. The minimum absolute atomic E-state index is 0.0146. The van der Waals surface area contributed by atoms with Crippen LogP contribution in [0.3, 0.4) is 0 Å². The second-order valence-corrected chi connectivity index (χ2v) is 11.1. The molecule has 0 aromatic carbocycles. The third kappa shape index (κ3) is 5.73. The van der Waals surface area contributed by atoms with Gasteiger partial charge in [0, 0.05) is 31.6 Å². The van der Waals surface area contributed by atoms with Gasteiger partial charge in [-0.3, -0.25) is 9.59 Å². The molecule has 35 heavy (non-hydrogen) atoms. The highest BCUT2D eigenvalue weighted by atomic mass is 16.5. The lowest BCUT2D eigenvalue weighted by molar-refractivity contribution is -0.143. The largest absolute Gasteiger partial charge is 0.507 e. The molecule has 1 aliphatic carbocycles. The number of aromatic nitrogens is 1. The van der Waals surface area contributed by atoms with Gasteiger partial charge in [0.15, 0.2) is 0 Å². The van der Waals surface area contributed by atoms with Gasteiger partial charge in [-0.1, -0.05) is 40.2 Å². The number of carbonyl (C=O) groups is 1. The van der Waals surface area contributed by atoms with Crippen molar-refractivity contribution in [2.45, 2.75) is 103 Å². The van der Waals surface area contributed by atoms with Gasteiger partial charge < -0.3 is 24.6 Å². The van der Waals surface area contributed by atoms with E-state index in [9.17, 15) is 24.9 Å². The number of nitrogens with zero attached hydrogens (tertiary/aromatic N) is 1. The van der Waals surface area contributed by atoms with Crippen LogP contribution in [0.2, 0.25) is 0 Å². The lowest BCUT2D eigenvalue weighted by Gasteiger charge is -2.39. The van der Waals surface area contributed by atoms with Gasteiger partial charge in [0.25, 0.3) is 5.56 Å². The molecule has 7 atom stereocenters. The summed E-state index contributed by atoms with van der Waals surface area (Å²) in [5.74, 6) is 0.849. The van der Waals surface area contributed by atoms with E-state index >= 15 is 0 Å². The Kier molecular flexibility index (Phi) is 8.66. The highest BCUT2D eigenvalue weighted by Gasteiger charge is 2.46. The topological polar surface area (TPSA) is 109 Å². The molecule has 0 amide bonds. The molecule has 1 aliphatic heterocycles. The van der Waals surface area contributed by atoms with Crippen molar-refractivity contribution in [3.05, 3.63) is 39.3 Å². The minimum atomic E-state index is -1.80. The van der Waals surface area contributed by atoms with Crippen molar-refractivity contribution in [1.82, 2.24) is 4.57 Å². The number of pyridine rings is 1. The first kappa shape index (κ1) is 27.6. The first-order chi connectivity index (χ1) is 16.4. The van der Waals surface area contributed by atoms with Crippen LogP contribution in [-0.2, 0) is 22.2 Å². The smallest absolute Gasteiger partial charge is 0.259 e. The summed E-state index contributed by atoms with van der Waals surface area (Å²) in [4.78, 5) is 24.9. The van der Waals surface area contributed by atoms with Crippen LogP contribution in [0.4, 0.5) is 0 Å². The van der Waals surface area contributed by atoms with E-state index in [0.717, 1.165) is 24.8 Å². The molecule has 1 saturated carbocycles. The van der Waals surface area contributed by atoms with E-state index in [2.05, 4.69) is 40.7 Å². The highest BCUT2D eigenvalue weighted by Crippen LogP contribution is 2.45. The number of aliphatic hydroxyl groups excluding tert-OH is 1. The maximum absolute atomic E-state index is 13.2. The lowest BCUT2D eigenvalue weighted by Crippen LogP contribution is -2.46. The number of rotatable bonds is 7. The molecule has 0 radical (unpaired) electrons. The number of ketones is 1. The second-order valence-electron chi connectivity index (χ2n) is 11.1. The molecule has 1 aromatic heterocycles. The molecule has 7 nitrogen and oxygen atoms in total. The molecule has 1 saturated heterocycles. The van der Waals surface area contributed by atoms with Crippen molar-refractivity contribution < 1.29 is 24.9 Å². The first-order valence-corrected chi connectivity index (χ1v) is 13.1.